The lowest BCUT2D eigenvalue weighted by atomic mass is 9.74. The summed E-state index contributed by atoms with van der Waals surface area (Å²) in [6.07, 6.45) is 6.64. The third-order valence-corrected chi connectivity index (χ3v) is 4.49. The van der Waals surface area contributed by atoms with Gasteiger partial charge in [0.1, 0.15) is 11.2 Å². The molecule has 0 bridgehead atoms. The smallest absolute Gasteiger partial charge is 0.262 e. The van der Waals surface area contributed by atoms with Crippen LogP contribution in [-0.2, 0) is 0 Å². The molecule has 0 spiro atoms. The Morgan fingerprint density at radius 1 is 1.39 bits per heavy atom. The maximum absolute atomic E-state index is 12.3. The molecule has 4 rings (SSSR count). The van der Waals surface area contributed by atoms with Gasteiger partial charge in [-0.3, -0.25) is 9.78 Å². The van der Waals surface area contributed by atoms with Gasteiger partial charge in [0.15, 0.2) is 5.65 Å². The predicted molar refractivity (Wildman–Crippen MR) is 83.1 cm³/mol. The van der Waals surface area contributed by atoms with E-state index in [1.165, 1.54) is 6.20 Å². The van der Waals surface area contributed by atoms with Gasteiger partial charge in [-0.2, -0.15) is 10.4 Å². The Hall–Kier alpha value is -3.01. The molecule has 0 amide bonds. The minimum atomic E-state index is -0.221. The van der Waals surface area contributed by atoms with Crippen molar-refractivity contribution in [2.45, 2.75) is 25.7 Å². The summed E-state index contributed by atoms with van der Waals surface area (Å²) < 4.78 is 1.64. The number of nitrogens with one attached hydrogen (secondary N) is 1. The summed E-state index contributed by atoms with van der Waals surface area (Å²) in [6.45, 7) is 1.95. The average molecular weight is 306 g/mol. The summed E-state index contributed by atoms with van der Waals surface area (Å²) in [4.78, 5) is 23.9. The number of aryl methyl sites for hydroxylation is 1. The van der Waals surface area contributed by atoms with Crippen LogP contribution in [0.2, 0.25) is 0 Å². The molecule has 3 aromatic rings. The molecule has 23 heavy (non-hydrogen) atoms. The standard InChI is InChI=1S/C16H14N6O/c1-9-4-5-18-8-13(9)22-15-12(7-19-22)16(23)21-14(20-15)11-3-2-10(11)6-17/h4-5,7-8,10-11H,2-3H2,1H3,(H,20,21,23)/t10-,11+/m0/s1. The van der Waals surface area contributed by atoms with Crippen molar-refractivity contribution in [3.63, 3.8) is 0 Å². The molecular formula is C16H14N6O. The summed E-state index contributed by atoms with van der Waals surface area (Å²) in [5.74, 6) is 0.492. The van der Waals surface area contributed by atoms with Crippen LogP contribution in [0.4, 0.5) is 0 Å². The van der Waals surface area contributed by atoms with Crippen LogP contribution in [0, 0.1) is 24.2 Å². The number of pyridine rings is 1. The number of hydrogen-bond donors (Lipinski definition) is 1. The number of aromatic nitrogens is 5. The molecule has 1 fully saturated rings. The van der Waals surface area contributed by atoms with E-state index in [4.69, 9.17) is 5.26 Å². The van der Waals surface area contributed by atoms with Crippen LogP contribution in [-0.4, -0.2) is 24.7 Å². The number of fused-ring (bicyclic) bond motifs is 1. The Kier molecular flexibility index (Phi) is 2.98. The van der Waals surface area contributed by atoms with Crippen molar-refractivity contribution in [1.29, 1.82) is 5.26 Å². The highest BCUT2D eigenvalue weighted by molar-refractivity contribution is 5.75. The Balaban J connectivity index is 1.92. The zero-order valence-corrected chi connectivity index (χ0v) is 12.5. The predicted octanol–water partition coefficient (Wildman–Crippen LogP) is 1.83. The molecule has 3 aromatic heterocycles. The van der Waals surface area contributed by atoms with Crippen molar-refractivity contribution in [2.24, 2.45) is 5.92 Å². The largest absolute Gasteiger partial charge is 0.310 e. The number of H-pyrrole nitrogens is 1. The normalized spacial score (nSPS) is 20.2. The molecule has 0 aromatic carbocycles. The number of rotatable bonds is 2. The Morgan fingerprint density at radius 3 is 2.96 bits per heavy atom. The maximum Gasteiger partial charge on any atom is 0.262 e. The van der Waals surface area contributed by atoms with Gasteiger partial charge >= 0.3 is 0 Å². The summed E-state index contributed by atoms with van der Waals surface area (Å²) in [6, 6.07) is 4.16. The van der Waals surface area contributed by atoms with Crippen LogP contribution in [0.25, 0.3) is 16.7 Å². The van der Waals surface area contributed by atoms with E-state index in [-0.39, 0.29) is 17.4 Å². The SMILES string of the molecule is Cc1ccncc1-n1ncc2c(=O)[nH]c([C@@H]3CC[C@H]3C#N)nc21. The van der Waals surface area contributed by atoms with E-state index in [1.54, 1.807) is 17.1 Å². The van der Waals surface area contributed by atoms with Crippen LogP contribution in [0.1, 0.15) is 30.1 Å². The molecule has 7 heteroatoms. The monoisotopic (exact) mass is 306 g/mol. The quantitative estimate of drug-likeness (QED) is 0.778. The summed E-state index contributed by atoms with van der Waals surface area (Å²) in [5, 5.41) is 13.9. The highest BCUT2D eigenvalue weighted by Gasteiger charge is 2.34. The second-order valence-electron chi connectivity index (χ2n) is 5.83. The van der Waals surface area contributed by atoms with E-state index >= 15 is 0 Å². The summed E-state index contributed by atoms with van der Waals surface area (Å²) in [5.41, 5.74) is 2.06. The molecule has 1 N–H and O–H groups in total. The van der Waals surface area contributed by atoms with Crippen molar-refractivity contribution in [3.8, 4) is 11.8 Å². The molecule has 1 saturated carbocycles. The first kappa shape index (κ1) is 13.6. The molecule has 0 unspecified atom stereocenters. The number of hydrogen-bond acceptors (Lipinski definition) is 5. The van der Waals surface area contributed by atoms with E-state index < -0.39 is 0 Å². The summed E-state index contributed by atoms with van der Waals surface area (Å²) >= 11 is 0. The second kappa shape index (κ2) is 5.02. The van der Waals surface area contributed by atoms with Gasteiger partial charge in [0.05, 0.1) is 30.1 Å². The van der Waals surface area contributed by atoms with Crippen molar-refractivity contribution in [2.75, 3.05) is 0 Å². The third kappa shape index (κ3) is 2.03. The first-order valence-electron chi connectivity index (χ1n) is 7.47. The van der Waals surface area contributed by atoms with Crippen molar-refractivity contribution >= 4 is 11.0 Å². The highest BCUT2D eigenvalue weighted by Crippen LogP contribution is 2.40. The molecule has 114 valence electrons. The Bertz CT molecular complexity index is 996. The van der Waals surface area contributed by atoms with E-state index in [0.29, 0.717) is 16.9 Å². The molecule has 2 atom stereocenters. The lowest BCUT2D eigenvalue weighted by Gasteiger charge is -2.30. The van der Waals surface area contributed by atoms with E-state index in [9.17, 15) is 4.79 Å². The van der Waals surface area contributed by atoms with Crippen molar-refractivity contribution < 1.29 is 0 Å². The fourth-order valence-electron chi connectivity index (χ4n) is 2.95. The van der Waals surface area contributed by atoms with E-state index in [2.05, 4.69) is 26.1 Å². The fraction of sp³-hybridized carbons (Fsp3) is 0.312. The maximum atomic E-state index is 12.3. The number of nitrogens with zero attached hydrogens (tertiary/aromatic N) is 5. The number of nitriles is 1. The van der Waals surface area contributed by atoms with E-state index in [1.807, 2.05) is 13.0 Å². The van der Waals surface area contributed by atoms with Gasteiger partial charge in [0.2, 0.25) is 0 Å². The van der Waals surface area contributed by atoms with Gasteiger partial charge in [-0.05, 0) is 31.4 Å². The van der Waals surface area contributed by atoms with Gasteiger partial charge in [-0.25, -0.2) is 9.67 Å². The number of aromatic amines is 1. The molecule has 1 aliphatic rings. The first-order chi connectivity index (χ1) is 11.2. The lowest BCUT2D eigenvalue weighted by molar-refractivity contribution is 0.311. The molecule has 1 aliphatic carbocycles. The van der Waals surface area contributed by atoms with Crippen LogP contribution < -0.4 is 5.56 Å². The minimum Gasteiger partial charge on any atom is -0.310 e. The molecule has 7 nitrogen and oxygen atoms in total. The van der Waals surface area contributed by atoms with Crippen LogP contribution in [0.15, 0.2) is 29.5 Å². The highest BCUT2D eigenvalue weighted by atomic mass is 16.1. The van der Waals surface area contributed by atoms with Crippen LogP contribution in [0.3, 0.4) is 0 Å². The van der Waals surface area contributed by atoms with Crippen molar-refractivity contribution in [1.82, 2.24) is 24.7 Å². The topological polar surface area (TPSA) is 100 Å². The van der Waals surface area contributed by atoms with Crippen LogP contribution >= 0.6 is 0 Å². The lowest BCUT2D eigenvalue weighted by Crippen LogP contribution is -2.27. The zero-order valence-electron chi connectivity index (χ0n) is 12.5. The van der Waals surface area contributed by atoms with Gasteiger partial charge in [0, 0.05) is 12.1 Å². The van der Waals surface area contributed by atoms with Crippen LogP contribution in [0.5, 0.6) is 0 Å². The molecular weight excluding hydrogens is 292 g/mol. The summed E-state index contributed by atoms with van der Waals surface area (Å²) in [7, 11) is 0. The van der Waals surface area contributed by atoms with Crippen molar-refractivity contribution in [3.05, 3.63) is 46.4 Å². The Morgan fingerprint density at radius 2 is 2.26 bits per heavy atom. The Labute approximate surface area is 131 Å². The zero-order chi connectivity index (χ0) is 16.0. The first-order valence-corrected chi connectivity index (χ1v) is 7.47. The third-order valence-electron chi connectivity index (χ3n) is 4.49. The fourth-order valence-corrected chi connectivity index (χ4v) is 2.95. The molecule has 0 saturated heterocycles. The van der Waals surface area contributed by atoms with E-state index in [0.717, 1.165) is 24.1 Å². The molecule has 0 radical (unpaired) electrons. The van der Waals surface area contributed by atoms with Gasteiger partial charge in [0.25, 0.3) is 5.56 Å². The molecule has 0 aliphatic heterocycles. The minimum absolute atomic E-state index is 0.00422. The second-order valence-corrected chi connectivity index (χ2v) is 5.83. The molecule has 3 heterocycles. The van der Waals surface area contributed by atoms with Gasteiger partial charge in [-0.15, -0.1) is 0 Å². The van der Waals surface area contributed by atoms with Gasteiger partial charge in [-0.1, -0.05) is 0 Å². The average Bonchev–Trinajstić information content (AvgIpc) is 2.91. The van der Waals surface area contributed by atoms with Gasteiger partial charge < -0.3 is 4.98 Å².